The molecule has 1 aliphatic rings. The minimum absolute atomic E-state index is 0.227. The zero-order valence-corrected chi connectivity index (χ0v) is 9.02. The van der Waals surface area contributed by atoms with Crippen molar-refractivity contribution in [2.75, 3.05) is 13.2 Å². The predicted octanol–water partition coefficient (Wildman–Crippen LogP) is -0.493. The molecule has 1 amide bonds. The molecule has 1 aliphatic carbocycles. The summed E-state index contributed by atoms with van der Waals surface area (Å²) in [4.78, 5) is 21.4. The fourth-order valence-electron chi connectivity index (χ4n) is 1.76. The zero-order chi connectivity index (χ0) is 12.0. The van der Waals surface area contributed by atoms with Crippen molar-refractivity contribution >= 4 is 11.9 Å². The number of ether oxygens (including phenoxy) is 1. The Morgan fingerprint density at radius 2 is 1.94 bits per heavy atom. The Morgan fingerprint density at radius 3 is 2.56 bits per heavy atom. The van der Waals surface area contributed by atoms with E-state index in [9.17, 15) is 14.7 Å². The highest BCUT2D eigenvalue weighted by Crippen LogP contribution is 2.18. The van der Waals surface area contributed by atoms with Gasteiger partial charge in [0.1, 0.15) is 13.2 Å². The molecule has 0 aliphatic heterocycles. The predicted molar refractivity (Wildman–Crippen MR) is 54.9 cm³/mol. The van der Waals surface area contributed by atoms with Crippen molar-refractivity contribution in [1.29, 1.82) is 0 Å². The lowest BCUT2D eigenvalue weighted by Crippen LogP contribution is -2.46. The molecule has 0 aromatic rings. The first-order chi connectivity index (χ1) is 7.59. The topological polar surface area (TPSA) is 95.9 Å². The minimum atomic E-state index is -1.11. The number of carboxylic acid groups (broad SMARTS) is 1. The molecule has 92 valence electrons. The lowest BCUT2D eigenvalue weighted by atomic mass is 9.92. The van der Waals surface area contributed by atoms with Crippen LogP contribution in [0.1, 0.15) is 25.7 Å². The van der Waals surface area contributed by atoms with Crippen LogP contribution in [-0.4, -0.2) is 47.4 Å². The first-order valence-electron chi connectivity index (χ1n) is 5.36. The summed E-state index contributed by atoms with van der Waals surface area (Å²) in [6.45, 7) is -0.768. The number of aliphatic hydroxyl groups is 1. The Labute approximate surface area is 93.6 Å². The molecule has 6 nitrogen and oxygen atoms in total. The molecule has 1 rings (SSSR count). The van der Waals surface area contributed by atoms with Gasteiger partial charge in [-0.1, -0.05) is 12.8 Å². The number of carbonyl (C=O) groups is 2. The third kappa shape index (κ3) is 4.59. The van der Waals surface area contributed by atoms with Gasteiger partial charge in [-0.3, -0.25) is 4.79 Å². The van der Waals surface area contributed by atoms with Crippen LogP contribution in [0.15, 0.2) is 0 Å². The van der Waals surface area contributed by atoms with E-state index in [4.69, 9.17) is 5.11 Å². The lowest BCUT2D eigenvalue weighted by Gasteiger charge is -2.28. The van der Waals surface area contributed by atoms with Gasteiger partial charge < -0.3 is 20.3 Å². The van der Waals surface area contributed by atoms with Gasteiger partial charge in [0, 0.05) is 0 Å². The molecule has 0 heterocycles. The molecule has 3 N–H and O–H groups in total. The standard InChI is InChI=1S/C10H17NO5/c12-8-4-2-1-3-7(8)11-9(13)5-16-6-10(14)15/h7-8,12H,1-6H2,(H,11,13)(H,14,15)/t7-,8-/m0/s1. The summed E-state index contributed by atoms with van der Waals surface area (Å²) in [5, 5.41) is 20.5. The summed E-state index contributed by atoms with van der Waals surface area (Å²) < 4.78 is 4.64. The Hall–Kier alpha value is -1.14. The van der Waals surface area contributed by atoms with E-state index >= 15 is 0 Å². The highest BCUT2D eigenvalue weighted by atomic mass is 16.5. The van der Waals surface area contributed by atoms with Crippen molar-refractivity contribution in [3.8, 4) is 0 Å². The third-order valence-corrected chi connectivity index (χ3v) is 2.53. The van der Waals surface area contributed by atoms with E-state index in [1.165, 1.54) is 0 Å². The van der Waals surface area contributed by atoms with Gasteiger partial charge in [-0.15, -0.1) is 0 Å². The number of rotatable bonds is 5. The van der Waals surface area contributed by atoms with Crippen LogP contribution < -0.4 is 5.32 Å². The second-order valence-electron chi connectivity index (χ2n) is 3.91. The van der Waals surface area contributed by atoms with Gasteiger partial charge in [0.2, 0.25) is 5.91 Å². The van der Waals surface area contributed by atoms with E-state index in [-0.39, 0.29) is 18.6 Å². The van der Waals surface area contributed by atoms with Gasteiger partial charge in [-0.25, -0.2) is 4.79 Å². The van der Waals surface area contributed by atoms with Crippen LogP contribution >= 0.6 is 0 Å². The first-order valence-corrected chi connectivity index (χ1v) is 5.36. The lowest BCUT2D eigenvalue weighted by molar-refractivity contribution is -0.143. The molecule has 0 aromatic heterocycles. The van der Waals surface area contributed by atoms with Crippen LogP contribution in [0, 0.1) is 0 Å². The Balaban J connectivity index is 2.19. The van der Waals surface area contributed by atoms with Gasteiger partial charge in [0.15, 0.2) is 0 Å². The van der Waals surface area contributed by atoms with E-state index in [0.717, 1.165) is 19.3 Å². The van der Waals surface area contributed by atoms with E-state index in [0.29, 0.717) is 6.42 Å². The van der Waals surface area contributed by atoms with E-state index in [1.54, 1.807) is 0 Å². The zero-order valence-electron chi connectivity index (χ0n) is 9.02. The molecule has 0 spiro atoms. The van der Waals surface area contributed by atoms with Crippen LogP contribution in [0.2, 0.25) is 0 Å². The normalized spacial score (nSPS) is 25.1. The molecule has 2 atom stereocenters. The summed E-state index contributed by atoms with van der Waals surface area (Å²) in [5.74, 6) is -1.49. The SMILES string of the molecule is O=C(O)COCC(=O)N[C@H]1CCCC[C@@H]1O. The maximum atomic E-state index is 11.3. The van der Waals surface area contributed by atoms with Crippen LogP contribution in [0.4, 0.5) is 0 Å². The second-order valence-corrected chi connectivity index (χ2v) is 3.91. The van der Waals surface area contributed by atoms with Crippen LogP contribution in [0.5, 0.6) is 0 Å². The Kier molecular flexibility index (Phi) is 5.21. The fraction of sp³-hybridized carbons (Fsp3) is 0.800. The van der Waals surface area contributed by atoms with Crippen molar-refractivity contribution in [2.45, 2.75) is 37.8 Å². The largest absolute Gasteiger partial charge is 0.480 e. The number of hydrogen-bond acceptors (Lipinski definition) is 4. The van der Waals surface area contributed by atoms with Gasteiger partial charge in [-0.05, 0) is 12.8 Å². The molecule has 1 fully saturated rings. The quantitative estimate of drug-likeness (QED) is 0.593. The number of aliphatic hydroxyl groups excluding tert-OH is 1. The summed E-state index contributed by atoms with van der Waals surface area (Å²) in [6.07, 6.45) is 2.91. The third-order valence-electron chi connectivity index (χ3n) is 2.53. The number of amides is 1. The molecular weight excluding hydrogens is 214 g/mol. The maximum absolute atomic E-state index is 11.3. The highest BCUT2D eigenvalue weighted by molar-refractivity contribution is 5.78. The molecule has 0 radical (unpaired) electrons. The van der Waals surface area contributed by atoms with Crippen LogP contribution in [0.25, 0.3) is 0 Å². The smallest absolute Gasteiger partial charge is 0.329 e. The second kappa shape index (κ2) is 6.44. The molecule has 6 heteroatoms. The average Bonchev–Trinajstić information content (AvgIpc) is 2.21. The van der Waals surface area contributed by atoms with Crippen molar-refractivity contribution in [3.05, 3.63) is 0 Å². The minimum Gasteiger partial charge on any atom is -0.480 e. The monoisotopic (exact) mass is 231 g/mol. The Morgan fingerprint density at radius 1 is 1.25 bits per heavy atom. The fourth-order valence-corrected chi connectivity index (χ4v) is 1.76. The molecular formula is C10H17NO5. The van der Waals surface area contributed by atoms with Gasteiger partial charge in [0.25, 0.3) is 0 Å². The summed E-state index contributed by atoms with van der Waals surface area (Å²) in [5.41, 5.74) is 0. The van der Waals surface area contributed by atoms with Gasteiger partial charge in [-0.2, -0.15) is 0 Å². The molecule has 0 aromatic carbocycles. The average molecular weight is 231 g/mol. The first kappa shape index (κ1) is 12.9. The Bertz CT molecular complexity index is 256. The van der Waals surface area contributed by atoms with E-state index in [1.807, 2.05) is 0 Å². The van der Waals surface area contributed by atoms with Crippen LogP contribution in [-0.2, 0) is 14.3 Å². The molecule has 0 saturated heterocycles. The summed E-state index contributed by atoms with van der Waals surface area (Å²) in [6, 6.07) is -0.227. The van der Waals surface area contributed by atoms with Gasteiger partial charge >= 0.3 is 5.97 Å². The van der Waals surface area contributed by atoms with Gasteiger partial charge in [0.05, 0.1) is 12.1 Å². The number of aliphatic carboxylic acids is 1. The highest BCUT2D eigenvalue weighted by Gasteiger charge is 2.24. The van der Waals surface area contributed by atoms with E-state index < -0.39 is 18.7 Å². The summed E-state index contributed by atoms with van der Waals surface area (Å²) in [7, 11) is 0. The molecule has 0 bridgehead atoms. The number of carboxylic acids is 1. The summed E-state index contributed by atoms with van der Waals surface area (Å²) >= 11 is 0. The molecule has 1 saturated carbocycles. The van der Waals surface area contributed by atoms with Crippen LogP contribution in [0.3, 0.4) is 0 Å². The molecule has 0 unspecified atom stereocenters. The number of nitrogens with one attached hydrogen (secondary N) is 1. The maximum Gasteiger partial charge on any atom is 0.329 e. The van der Waals surface area contributed by atoms with Crippen molar-refractivity contribution in [1.82, 2.24) is 5.32 Å². The van der Waals surface area contributed by atoms with Crippen molar-refractivity contribution in [3.63, 3.8) is 0 Å². The number of carbonyl (C=O) groups excluding carboxylic acids is 1. The number of hydrogen-bond donors (Lipinski definition) is 3. The van der Waals surface area contributed by atoms with Crippen molar-refractivity contribution in [2.24, 2.45) is 0 Å². The molecule has 16 heavy (non-hydrogen) atoms. The van der Waals surface area contributed by atoms with E-state index in [2.05, 4.69) is 10.1 Å². The van der Waals surface area contributed by atoms with Crippen molar-refractivity contribution < 1.29 is 24.5 Å².